The van der Waals surface area contributed by atoms with Crippen LogP contribution < -0.4 is 11.4 Å². The average Bonchev–Trinajstić information content (AvgIpc) is 2.86. The lowest BCUT2D eigenvalue weighted by atomic mass is 10.0. The number of nitrogens with two attached hydrogens (primary N) is 1. The number of aliphatic hydroxyl groups excluding tert-OH is 1. The fourth-order valence-corrected chi connectivity index (χ4v) is 7.30. The lowest BCUT2D eigenvalue weighted by Crippen LogP contribution is -2.53. The molecule has 0 saturated carbocycles. The summed E-state index contributed by atoms with van der Waals surface area (Å²) in [7, 11) is -2.27. The molecule has 0 unspecified atom stereocenters. The van der Waals surface area contributed by atoms with Crippen LogP contribution in [0.3, 0.4) is 0 Å². The van der Waals surface area contributed by atoms with Crippen LogP contribution in [0.15, 0.2) is 17.1 Å². The average molecular weight is 409 g/mol. The van der Waals surface area contributed by atoms with Crippen molar-refractivity contribution in [1.82, 2.24) is 9.55 Å². The number of nitrogen functional groups attached to an aromatic ring is 1. The van der Waals surface area contributed by atoms with E-state index in [1.807, 2.05) is 0 Å². The molecular weight excluding hydrogens is 376 g/mol. The van der Waals surface area contributed by atoms with Gasteiger partial charge in [-0.25, -0.2) is 4.79 Å². The summed E-state index contributed by atoms with van der Waals surface area (Å²) in [4.78, 5) is 15.8. The molecular formula is C19H32N4O4Si. The largest absolute Gasteiger partial charge is 0.413 e. The Morgan fingerprint density at radius 2 is 1.93 bits per heavy atom. The summed E-state index contributed by atoms with van der Waals surface area (Å²) < 4.78 is 13.6. The molecule has 156 valence electrons. The van der Waals surface area contributed by atoms with E-state index in [4.69, 9.17) is 14.9 Å². The predicted octanol–water partition coefficient (Wildman–Crippen LogP) is 2.42. The van der Waals surface area contributed by atoms with Crippen molar-refractivity contribution in [3.05, 3.63) is 22.7 Å². The molecule has 1 fully saturated rings. The SMILES string of the molecule is CC(C)(C)[Si](C)(OC[C@H]1O[C@@H](n2ccc(N)nc2=O)[C@@H](C#N)[C@@H]1O)C(C)(C)C. The van der Waals surface area contributed by atoms with E-state index in [1.165, 1.54) is 16.8 Å². The maximum absolute atomic E-state index is 12.2. The molecule has 2 rings (SSSR count). The van der Waals surface area contributed by atoms with Crippen LogP contribution in [0.25, 0.3) is 0 Å². The van der Waals surface area contributed by atoms with E-state index in [9.17, 15) is 15.2 Å². The summed E-state index contributed by atoms with van der Waals surface area (Å²) in [6.45, 7) is 15.3. The van der Waals surface area contributed by atoms with E-state index in [0.717, 1.165) is 0 Å². The second-order valence-corrected chi connectivity index (χ2v) is 15.0. The quantitative estimate of drug-likeness (QED) is 0.733. The molecule has 1 aromatic rings. The van der Waals surface area contributed by atoms with Gasteiger partial charge in [-0.05, 0) is 22.7 Å². The maximum Gasteiger partial charge on any atom is 0.351 e. The van der Waals surface area contributed by atoms with Crippen molar-refractivity contribution in [3.63, 3.8) is 0 Å². The maximum atomic E-state index is 12.2. The van der Waals surface area contributed by atoms with Crippen molar-refractivity contribution < 1.29 is 14.3 Å². The monoisotopic (exact) mass is 408 g/mol. The van der Waals surface area contributed by atoms with Crippen LogP contribution in [0, 0.1) is 17.2 Å². The molecule has 0 amide bonds. The standard InChI is InChI=1S/C19H32N4O4Si/c1-18(2,3)28(7,19(4,5)6)26-11-13-15(24)12(10-20)16(27-13)23-9-8-14(21)22-17(23)25/h8-9,12-13,15-16,24H,11H2,1-7H3,(H2,21,22,25)/t12-,13+,15-,16+/m0/s1. The van der Waals surface area contributed by atoms with E-state index >= 15 is 0 Å². The first-order valence-electron chi connectivity index (χ1n) is 9.44. The van der Waals surface area contributed by atoms with Crippen molar-refractivity contribution in [2.75, 3.05) is 12.3 Å². The minimum absolute atomic E-state index is 0.0410. The lowest BCUT2D eigenvalue weighted by Gasteiger charge is -2.48. The van der Waals surface area contributed by atoms with E-state index in [1.54, 1.807) is 0 Å². The molecule has 4 atom stereocenters. The molecule has 0 aromatic carbocycles. The third kappa shape index (κ3) is 4.01. The summed E-state index contributed by atoms with van der Waals surface area (Å²) in [5.74, 6) is -0.820. The van der Waals surface area contributed by atoms with Crippen molar-refractivity contribution in [3.8, 4) is 6.07 Å². The first-order chi connectivity index (χ1) is 12.7. The summed E-state index contributed by atoms with van der Waals surface area (Å²) in [6, 6.07) is 3.51. The fourth-order valence-electron chi connectivity index (χ4n) is 3.69. The summed E-state index contributed by atoms with van der Waals surface area (Å²) in [5, 5.41) is 20.1. The summed E-state index contributed by atoms with van der Waals surface area (Å²) in [6.07, 6.45) is -1.29. The zero-order valence-electron chi connectivity index (χ0n) is 17.8. The Balaban J connectivity index is 2.26. The van der Waals surface area contributed by atoms with Gasteiger partial charge in [0.15, 0.2) is 14.5 Å². The Hall–Kier alpha value is -1.73. The molecule has 0 radical (unpaired) electrons. The Morgan fingerprint density at radius 3 is 2.39 bits per heavy atom. The Kier molecular flexibility index (Phi) is 6.12. The molecule has 2 heterocycles. The Morgan fingerprint density at radius 1 is 1.36 bits per heavy atom. The molecule has 0 aliphatic carbocycles. The van der Waals surface area contributed by atoms with Gasteiger partial charge in [0.25, 0.3) is 0 Å². The number of hydrogen-bond acceptors (Lipinski definition) is 7. The zero-order valence-corrected chi connectivity index (χ0v) is 18.8. The first kappa shape index (κ1) is 22.6. The van der Waals surface area contributed by atoms with E-state index in [0.29, 0.717) is 0 Å². The van der Waals surface area contributed by atoms with Gasteiger partial charge in [-0.3, -0.25) is 4.57 Å². The topological polar surface area (TPSA) is 123 Å². The van der Waals surface area contributed by atoms with Crippen molar-refractivity contribution in [2.24, 2.45) is 5.92 Å². The van der Waals surface area contributed by atoms with Gasteiger partial charge in [-0.2, -0.15) is 10.2 Å². The number of nitriles is 1. The number of rotatable bonds is 4. The van der Waals surface area contributed by atoms with Gasteiger partial charge >= 0.3 is 5.69 Å². The second-order valence-electron chi connectivity index (χ2n) is 9.60. The zero-order chi connectivity index (χ0) is 21.5. The molecule has 1 aliphatic heterocycles. The molecule has 0 spiro atoms. The number of aromatic nitrogens is 2. The van der Waals surface area contributed by atoms with Gasteiger partial charge < -0.3 is 20.0 Å². The van der Waals surface area contributed by atoms with Crippen LogP contribution in [0.5, 0.6) is 0 Å². The highest BCUT2D eigenvalue weighted by Crippen LogP contribution is 2.51. The van der Waals surface area contributed by atoms with Gasteiger partial charge in [0, 0.05) is 6.20 Å². The smallest absolute Gasteiger partial charge is 0.351 e. The van der Waals surface area contributed by atoms with Crippen LogP contribution in [-0.4, -0.2) is 41.8 Å². The highest BCUT2D eigenvalue weighted by atomic mass is 28.4. The highest BCUT2D eigenvalue weighted by Gasteiger charge is 2.53. The van der Waals surface area contributed by atoms with Gasteiger partial charge in [0.2, 0.25) is 0 Å². The van der Waals surface area contributed by atoms with Crippen molar-refractivity contribution >= 4 is 14.1 Å². The van der Waals surface area contributed by atoms with Crippen LogP contribution in [-0.2, 0) is 9.16 Å². The number of anilines is 1. The summed E-state index contributed by atoms with van der Waals surface area (Å²) in [5.41, 5.74) is 4.91. The van der Waals surface area contributed by atoms with Crippen LogP contribution in [0.2, 0.25) is 16.6 Å². The minimum Gasteiger partial charge on any atom is -0.413 e. The first-order valence-corrected chi connectivity index (χ1v) is 11.9. The molecule has 3 N–H and O–H groups in total. The van der Waals surface area contributed by atoms with Crippen LogP contribution in [0.1, 0.15) is 47.8 Å². The molecule has 1 aliphatic rings. The lowest BCUT2D eigenvalue weighted by molar-refractivity contribution is -0.0454. The normalized spacial score (nSPS) is 26.2. The second kappa shape index (κ2) is 7.59. The molecule has 8 nitrogen and oxygen atoms in total. The van der Waals surface area contributed by atoms with Gasteiger partial charge in [-0.1, -0.05) is 41.5 Å². The fraction of sp³-hybridized carbons (Fsp3) is 0.737. The van der Waals surface area contributed by atoms with Crippen molar-refractivity contribution in [1.29, 1.82) is 5.26 Å². The number of ether oxygens (including phenoxy) is 1. The van der Waals surface area contributed by atoms with E-state index in [-0.39, 0.29) is 22.5 Å². The molecule has 9 heteroatoms. The third-order valence-corrected chi connectivity index (χ3v) is 12.5. The Bertz CT molecular complexity index is 792. The van der Waals surface area contributed by atoms with Gasteiger partial charge in [0.05, 0.1) is 12.7 Å². The third-order valence-electron chi connectivity index (χ3n) is 6.04. The number of aliphatic hydroxyl groups is 1. The highest BCUT2D eigenvalue weighted by molar-refractivity contribution is 6.78. The molecule has 1 aromatic heterocycles. The van der Waals surface area contributed by atoms with Crippen LogP contribution in [0.4, 0.5) is 5.82 Å². The molecule has 28 heavy (non-hydrogen) atoms. The van der Waals surface area contributed by atoms with Crippen LogP contribution >= 0.6 is 0 Å². The van der Waals surface area contributed by atoms with E-state index < -0.39 is 38.4 Å². The van der Waals surface area contributed by atoms with Gasteiger partial charge in [-0.15, -0.1) is 0 Å². The Labute approximate surface area is 167 Å². The van der Waals surface area contributed by atoms with Crippen molar-refractivity contribution in [2.45, 2.75) is 76.6 Å². The number of hydrogen-bond donors (Lipinski definition) is 2. The molecule has 1 saturated heterocycles. The minimum atomic E-state index is -2.27. The summed E-state index contributed by atoms with van der Waals surface area (Å²) >= 11 is 0. The number of nitrogens with zero attached hydrogens (tertiary/aromatic N) is 3. The van der Waals surface area contributed by atoms with Gasteiger partial charge in [0.1, 0.15) is 23.9 Å². The predicted molar refractivity (Wildman–Crippen MR) is 109 cm³/mol. The van der Waals surface area contributed by atoms with E-state index in [2.05, 4.69) is 59.1 Å². The molecule has 0 bridgehead atoms.